The van der Waals surface area contributed by atoms with Crippen LogP contribution in [0.15, 0.2) is 18.2 Å². The number of hydrazine groups is 1. The third-order valence-electron chi connectivity index (χ3n) is 3.44. The zero-order valence-corrected chi connectivity index (χ0v) is 11.5. The van der Waals surface area contributed by atoms with E-state index in [1.807, 2.05) is 0 Å². The molecule has 3 N–H and O–H groups in total. The minimum Gasteiger partial charge on any atom is -0.383 e. The molecular weight excluding hydrogens is 260 g/mol. The Labute approximate surface area is 117 Å². The highest BCUT2D eigenvalue weighted by Gasteiger charge is 2.28. The molecule has 1 aromatic rings. The van der Waals surface area contributed by atoms with Crippen LogP contribution in [0.25, 0.3) is 0 Å². The van der Waals surface area contributed by atoms with E-state index in [2.05, 4.69) is 10.3 Å². The van der Waals surface area contributed by atoms with Gasteiger partial charge in [-0.15, -0.1) is 0 Å². The van der Waals surface area contributed by atoms with Gasteiger partial charge in [0.1, 0.15) is 5.69 Å². The third-order valence-corrected chi connectivity index (χ3v) is 3.44. The number of nitrogen functional groups attached to an aromatic ring is 1. The summed E-state index contributed by atoms with van der Waals surface area (Å²) in [5.41, 5.74) is 3.73. The topological polar surface area (TPSA) is 93.7 Å². The lowest BCUT2D eigenvalue weighted by Gasteiger charge is -2.21. The Morgan fingerprint density at radius 1 is 1.55 bits per heavy atom. The lowest BCUT2D eigenvalue weighted by atomic mass is 10.1. The fourth-order valence-electron chi connectivity index (χ4n) is 2.23. The van der Waals surface area contributed by atoms with E-state index in [0.717, 1.165) is 18.7 Å². The molecule has 1 fully saturated rings. The summed E-state index contributed by atoms with van der Waals surface area (Å²) in [7, 11) is 1.69. The maximum atomic E-state index is 10.9. The molecule has 0 spiro atoms. The van der Waals surface area contributed by atoms with Crippen LogP contribution in [0.5, 0.6) is 0 Å². The van der Waals surface area contributed by atoms with Gasteiger partial charge >= 0.3 is 0 Å². The van der Waals surface area contributed by atoms with Crippen LogP contribution < -0.4 is 11.3 Å². The molecule has 20 heavy (non-hydrogen) atoms. The fraction of sp³-hybridized carbons (Fsp3) is 0.538. The molecule has 1 saturated carbocycles. The lowest BCUT2D eigenvalue weighted by Crippen LogP contribution is -2.29. The lowest BCUT2D eigenvalue weighted by molar-refractivity contribution is -0.384. The second-order valence-corrected chi connectivity index (χ2v) is 4.95. The van der Waals surface area contributed by atoms with Gasteiger partial charge in [0.05, 0.1) is 11.5 Å². The summed E-state index contributed by atoms with van der Waals surface area (Å²) in [6, 6.07) is 5.61. The van der Waals surface area contributed by atoms with Crippen LogP contribution in [0.4, 0.5) is 11.4 Å². The van der Waals surface area contributed by atoms with Gasteiger partial charge in [-0.05, 0) is 24.5 Å². The van der Waals surface area contributed by atoms with E-state index in [0.29, 0.717) is 18.3 Å². The molecule has 0 aromatic heterocycles. The van der Waals surface area contributed by atoms with Gasteiger partial charge in [0.15, 0.2) is 0 Å². The summed E-state index contributed by atoms with van der Waals surface area (Å²) in [6.45, 7) is 2.30. The number of benzene rings is 1. The van der Waals surface area contributed by atoms with Crippen molar-refractivity contribution in [2.24, 2.45) is 5.84 Å². The average molecular weight is 280 g/mol. The first-order valence-corrected chi connectivity index (χ1v) is 6.62. The van der Waals surface area contributed by atoms with Gasteiger partial charge in [-0.1, -0.05) is 6.07 Å². The standard InChI is InChI=1S/C13H20N4O3/c1-20-7-6-16(11-3-4-11)9-10-2-5-13(17(18)19)12(8-10)15-14/h2,5,8,11,15H,3-4,6-7,9,14H2,1H3. The number of rotatable bonds is 8. The highest BCUT2D eigenvalue weighted by Crippen LogP contribution is 2.30. The molecule has 2 rings (SSSR count). The van der Waals surface area contributed by atoms with Gasteiger partial charge in [0.25, 0.3) is 5.69 Å². The van der Waals surface area contributed by atoms with Crippen molar-refractivity contribution in [1.82, 2.24) is 4.90 Å². The van der Waals surface area contributed by atoms with Crippen LogP contribution in [0.2, 0.25) is 0 Å². The normalized spacial score (nSPS) is 14.6. The molecule has 1 aliphatic rings. The maximum Gasteiger partial charge on any atom is 0.293 e. The van der Waals surface area contributed by atoms with Gasteiger partial charge in [0.2, 0.25) is 0 Å². The van der Waals surface area contributed by atoms with Crippen molar-refractivity contribution >= 4 is 11.4 Å². The zero-order chi connectivity index (χ0) is 14.5. The highest BCUT2D eigenvalue weighted by atomic mass is 16.6. The van der Waals surface area contributed by atoms with Crippen LogP contribution in [0.3, 0.4) is 0 Å². The molecule has 7 heteroatoms. The molecule has 0 saturated heterocycles. The Morgan fingerprint density at radius 3 is 2.85 bits per heavy atom. The molecule has 1 aliphatic carbocycles. The molecule has 110 valence electrons. The van der Waals surface area contributed by atoms with E-state index in [9.17, 15) is 10.1 Å². The molecule has 0 bridgehead atoms. The van der Waals surface area contributed by atoms with Crippen molar-refractivity contribution in [1.29, 1.82) is 0 Å². The molecule has 0 aliphatic heterocycles. The van der Waals surface area contributed by atoms with Crippen LogP contribution in [0, 0.1) is 10.1 Å². The number of nitro groups is 1. The number of nitrogens with one attached hydrogen (secondary N) is 1. The number of nitrogens with zero attached hydrogens (tertiary/aromatic N) is 2. The smallest absolute Gasteiger partial charge is 0.293 e. The second-order valence-electron chi connectivity index (χ2n) is 4.95. The van der Waals surface area contributed by atoms with Crippen LogP contribution in [-0.4, -0.2) is 36.1 Å². The summed E-state index contributed by atoms with van der Waals surface area (Å²) >= 11 is 0. The van der Waals surface area contributed by atoms with Gasteiger partial charge in [0, 0.05) is 32.3 Å². The first kappa shape index (κ1) is 14.7. The van der Waals surface area contributed by atoms with Gasteiger partial charge in [-0.3, -0.25) is 20.9 Å². The quantitative estimate of drug-likeness (QED) is 0.426. The van der Waals surface area contributed by atoms with E-state index in [-0.39, 0.29) is 5.69 Å². The number of ether oxygens (including phenoxy) is 1. The largest absolute Gasteiger partial charge is 0.383 e. The molecule has 0 atom stereocenters. The van der Waals surface area contributed by atoms with Crippen molar-refractivity contribution in [3.05, 3.63) is 33.9 Å². The van der Waals surface area contributed by atoms with E-state index in [1.54, 1.807) is 19.2 Å². The monoisotopic (exact) mass is 280 g/mol. The number of nitrogens with two attached hydrogens (primary N) is 1. The van der Waals surface area contributed by atoms with E-state index >= 15 is 0 Å². The first-order chi connectivity index (χ1) is 9.65. The Balaban J connectivity index is 2.09. The minimum absolute atomic E-state index is 0.00823. The van der Waals surface area contributed by atoms with Crippen molar-refractivity contribution in [3.63, 3.8) is 0 Å². The van der Waals surface area contributed by atoms with Gasteiger partial charge < -0.3 is 10.2 Å². The van der Waals surface area contributed by atoms with E-state index in [1.165, 1.54) is 18.9 Å². The second kappa shape index (κ2) is 6.65. The van der Waals surface area contributed by atoms with Gasteiger partial charge in [-0.2, -0.15) is 0 Å². The van der Waals surface area contributed by atoms with Crippen LogP contribution >= 0.6 is 0 Å². The molecule has 7 nitrogen and oxygen atoms in total. The fourth-order valence-corrected chi connectivity index (χ4v) is 2.23. The SMILES string of the molecule is COCCN(Cc1ccc([N+](=O)[O-])c(NN)c1)C1CC1. The van der Waals surface area contributed by atoms with Gasteiger partial charge in [-0.25, -0.2) is 0 Å². The summed E-state index contributed by atoms with van der Waals surface area (Å²) < 4.78 is 5.12. The van der Waals surface area contributed by atoms with Crippen molar-refractivity contribution in [2.75, 3.05) is 25.7 Å². The Morgan fingerprint density at radius 2 is 2.30 bits per heavy atom. The predicted molar refractivity (Wildman–Crippen MR) is 76.2 cm³/mol. The van der Waals surface area contributed by atoms with Crippen molar-refractivity contribution < 1.29 is 9.66 Å². The molecular formula is C13H20N4O3. The maximum absolute atomic E-state index is 10.9. The first-order valence-electron chi connectivity index (χ1n) is 6.62. The van der Waals surface area contributed by atoms with E-state index < -0.39 is 4.92 Å². The average Bonchev–Trinajstić information content (AvgIpc) is 3.27. The molecule has 0 radical (unpaired) electrons. The predicted octanol–water partition coefficient (Wildman–Crippen LogP) is 1.49. The minimum atomic E-state index is -0.442. The number of hydrogen-bond acceptors (Lipinski definition) is 6. The number of nitro benzene ring substituents is 1. The number of hydrogen-bond donors (Lipinski definition) is 2. The zero-order valence-electron chi connectivity index (χ0n) is 11.5. The summed E-state index contributed by atoms with van der Waals surface area (Å²) in [5, 5.41) is 10.9. The third kappa shape index (κ3) is 3.66. The highest BCUT2D eigenvalue weighted by molar-refractivity contribution is 5.62. The molecule has 0 heterocycles. The number of methoxy groups -OCH3 is 1. The summed E-state index contributed by atoms with van der Waals surface area (Å²) in [6.07, 6.45) is 2.41. The van der Waals surface area contributed by atoms with Crippen LogP contribution in [0.1, 0.15) is 18.4 Å². The van der Waals surface area contributed by atoms with Crippen molar-refractivity contribution in [2.45, 2.75) is 25.4 Å². The Bertz CT molecular complexity index is 477. The van der Waals surface area contributed by atoms with Crippen LogP contribution in [-0.2, 0) is 11.3 Å². The molecule has 1 aromatic carbocycles. The summed E-state index contributed by atoms with van der Waals surface area (Å²) in [5.74, 6) is 5.35. The van der Waals surface area contributed by atoms with Crippen molar-refractivity contribution in [3.8, 4) is 0 Å². The Kier molecular flexibility index (Phi) is 4.89. The molecule has 0 unspecified atom stereocenters. The summed E-state index contributed by atoms with van der Waals surface area (Å²) in [4.78, 5) is 12.8. The Hall–Kier alpha value is -1.70. The molecule has 0 amide bonds. The van der Waals surface area contributed by atoms with E-state index in [4.69, 9.17) is 10.6 Å². The number of anilines is 1.